The zero-order valence-electron chi connectivity index (χ0n) is 6.89. The third-order valence-corrected chi connectivity index (χ3v) is 4.10. The lowest BCUT2D eigenvalue weighted by Gasteiger charge is -2.04. The molecule has 2 aliphatic carbocycles. The van der Waals surface area contributed by atoms with Gasteiger partial charge in [-0.25, -0.2) is 0 Å². The molecular weight excluding hydrogens is 212 g/mol. The topological polar surface area (TPSA) is 0 Å². The molecule has 62 valence electrons. The van der Waals surface area contributed by atoms with Gasteiger partial charge in [0, 0.05) is 4.83 Å². The summed E-state index contributed by atoms with van der Waals surface area (Å²) in [6, 6.07) is 6.78. The fraction of sp³-hybridized carbons (Fsp3) is 0.455. The molecule has 0 saturated carbocycles. The molecule has 0 bridgehead atoms. The van der Waals surface area contributed by atoms with E-state index >= 15 is 0 Å². The van der Waals surface area contributed by atoms with Crippen molar-refractivity contribution >= 4 is 15.9 Å². The molecule has 0 fully saturated rings. The zero-order chi connectivity index (χ0) is 8.13. The maximum Gasteiger partial charge on any atom is 0.0404 e. The predicted octanol–water partition coefficient (Wildman–Crippen LogP) is 3.56. The van der Waals surface area contributed by atoms with Crippen LogP contribution in [0, 0.1) is 0 Å². The van der Waals surface area contributed by atoms with Gasteiger partial charge in [0.1, 0.15) is 0 Å². The van der Waals surface area contributed by atoms with E-state index in [2.05, 4.69) is 34.1 Å². The molecule has 2 aliphatic rings. The van der Waals surface area contributed by atoms with Gasteiger partial charge in [-0.1, -0.05) is 34.1 Å². The molecule has 0 nitrogen and oxygen atoms in total. The maximum absolute atomic E-state index is 3.75. The standard InChI is InChI=1S/C11H11Br/c12-10-6-8-5-4-7-2-1-3-9(10)11(7)8/h1-3,8,10H,4-6H2. The Balaban J connectivity index is 2.28. The van der Waals surface area contributed by atoms with Gasteiger partial charge >= 0.3 is 0 Å². The number of rotatable bonds is 0. The summed E-state index contributed by atoms with van der Waals surface area (Å²) < 4.78 is 0. The van der Waals surface area contributed by atoms with E-state index in [0.29, 0.717) is 4.83 Å². The molecule has 0 aliphatic heterocycles. The van der Waals surface area contributed by atoms with E-state index < -0.39 is 0 Å². The first-order valence-corrected chi connectivity index (χ1v) is 5.53. The Kier molecular flexibility index (Phi) is 1.40. The number of halogens is 1. The Bertz CT molecular complexity index is 330. The Labute approximate surface area is 81.1 Å². The van der Waals surface area contributed by atoms with Crippen molar-refractivity contribution in [2.45, 2.75) is 30.0 Å². The van der Waals surface area contributed by atoms with Crippen LogP contribution in [0.5, 0.6) is 0 Å². The normalized spacial score (nSPS) is 30.8. The summed E-state index contributed by atoms with van der Waals surface area (Å²) in [7, 11) is 0. The number of aryl methyl sites for hydroxylation is 1. The van der Waals surface area contributed by atoms with Crippen molar-refractivity contribution in [1.82, 2.24) is 0 Å². The fourth-order valence-corrected chi connectivity index (χ4v) is 3.56. The monoisotopic (exact) mass is 222 g/mol. The van der Waals surface area contributed by atoms with Crippen LogP contribution in [0.2, 0.25) is 0 Å². The third-order valence-electron chi connectivity index (χ3n) is 3.23. The molecule has 0 aromatic heterocycles. The quantitative estimate of drug-likeness (QED) is 0.590. The van der Waals surface area contributed by atoms with E-state index in [9.17, 15) is 0 Å². The van der Waals surface area contributed by atoms with Gasteiger partial charge in [0.05, 0.1) is 0 Å². The van der Waals surface area contributed by atoms with Gasteiger partial charge in [-0.05, 0) is 41.9 Å². The molecule has 12 heavy (non-hydrogen) atoms. The van der Waals surface area contributed by atoms with Crippen LogP contribution in [0.15, 0.2) is 18.2 Å². The lowest BCUT2D eigenvalue weighted by molar-refractivity contribution is 0.658. The largest absolute Gasteiger partial charge is 0.0838 e. The van der Waals surface area contributed by atoms with E-state index in [1.165, 1.54) is 19.3 Å². The van der Waals surface area contributed by atoms with Crippen LogP contribution < -0.4 is 0 Å². The van der Waals surface area contributed by atoms with Gasteiger partial charge in [0.2, 0.25) is 0 Å². The van der Waals surface area contributed by atoms with Gasteiger partial charge in [-0.15, -0.1) is 0 Å². The van der Waals surface area contributed by atoms with Crippen molar-refractivity contribution < 1.29 is 0 Å². The van der Waals surface area contributed by atoms with Crippen molar-refractivity contribution in [3.63, 3.8) is 0 Å². The summed E-state index contributed by atoms with van der Waals surface area (Å²) in [6.07, 6.45) is 4.02. The molecule has 0 radical (unpaired) electrons. The molecule has 3 rings (SSSR count). The van der Waals surface area contributed by atoms with E-state index in [1.807, 2.05) is 0 Å². The van der Waals surface area contributed by atoms with Gasteiger partial charge in [-0.2, -0.15) is 0 Å². The average Bonchev–Trinajstić information content (AvgIpc) is 2.61. The minimum Gasteiger partial charge on any atom is -0.0838 e. The first-order chi connectivity index (χ1) is 5.86. The van der Waals surface area contributed by atoms with Gasteiger partial charge in [-0.3, -0.25) is 0 Å². The molecule has 0 heterocycles. The summed E-state index contributed by atoms with van der Waals surface area (Å²) in [5, 5.41) is 0. The van der Waals surface area contributed by atoms with Crippen molar-refractivity contribution in [2.75, 3.05) is 0 Å². The van der Waals surface area contributed by atoms with E-state index in [-0.39, 0.29) is 0 Å². The molecule has 0 amide bonds. The average molecular weight is 223 g/mol. The number of benzene rings is 1. The highest BCUT2D eigenvalue weighted by molar-refractivity contribution is 9.09. The highest BCUT2D eigenvalue weighted by Crippen LogP contribution is 2.51. The summed E-state index contributed by atoms with van der Waals surface area (Å²) >= 11 is 3.75. The molecule has 2 unspecified atom stereocenters. The van der Waals surface area contributed by atoms with Crippen LogP contribution in [0.4, 0.5) is 0 Å². The summed E-state index contributed by atoms with van der Waals surface area (Å²) in [4.78, 5) is 0.637. The Morgan fingerprint density at radius 2 is 2.25 bits per heavy atom. The minimum atomic E-state index is 0.637. The van der Waals surface area contributed by atoms with Gasteiger partial charge in [0.25, 0.3) is 0 Å². The number of hydrogen-bond acceptors (Lipinski definition) is 0. The second-order valence-electron chi connectivity index (χ2n) is 3.86. The highest BCUT2D eigenvalue weighted by atomic mass is 79.9. The smallest absolute Gasteiger partial charge is 0.0404 e. The van der Waals surface area contributed by atoms with Crippen LogP contribution in [-0.4, -0.2) is 0 Å². The first kappa shape index (κ1) is 7.14. The number of hydrogen-bond donors (Lipinski definition) is 0. The fourth-order valence-electron chi connectivity index (χ4n) is 2.71. The summed E-state index contributed by atoms with van der Waals surface area (Å²) in [5.74, 6) is 0.876. The molecule has 1 aromatic carbocycles. The van der Waals surface area contributed by atoms with Crippen LogP contribution in [0.1, 0.15) is 40.3 Å². The Morgan fingerprint density at radius 3 is 3.17 bits per heavy atom. The molecular formula is C11H11Br. The molecule has 0 saturated heterocycles. The van der Waals surface area contributed by atoms with Gasteiger partial charge < -0.3 is 0 Å². The lowest BCUT2D eigenvalue weighted by Crippen LogP contribution is -1.86. The molecule has 0 N–H and O–H groups in total. The third kappa shape index (κ3) is 0.779. The molecule has 1 heteroatoms. The lowest BCUT2D eigenvalue weighted by atomic mass is 10.0. The maximum atomic E-state index is 3.75. The van der Waals surface area contributed by atoms with Crippen molar-refractivity contribution in [1.29, 1.82) is 0 Å². The van der Waals surface area contributed by atoms with E-state index in [1.54, 1.807) is 16.7 Å². The van der Waals surface area contributed by atoms with Crippen molar-refractivity contribution in [3.05, 3.63) is 34.9 Å². The number of alkyl halides is 1. The van der Waals surface area contributed by atoms with Gasteiger partial charge in [0.15, 0.2) is 0 Å². The highest BCUT2D eigenvalue weighted by Gasteiger charge is 2.34. The molecule has 0 spiro atoms. The van der Waals surface area contributed by atoms with Crippen LogP contribution in [-0.2, 0) is 6.42 Å². The summed E-state index contributed by atoms with van der Waals surface area (Å²) in [6.45, 7) is 0. The first-order valence-electron chi connectivity index (χ1n) is 4.62. The second kappa shape index (κ2) is 2.35. The second-order valence-corrected chi connectivity index (χ2v) is 4.96. The van der Waals surface area contributed by atoms with Crippen molar-refractivity contribution in [2.24, 2.45) is 0 Å². The minimum absolute atomic E-state index is 0.637. The van der Waals surface area contributed by atoms with Crippen LogP contribution in [0.25, 0.3) is 0 Å². The zero-order valence-corrected chi connectivity index (χ0v) is 8.47. The SMILES string of the molecule is BrC1CC2CCc3cccc1c32. The van der Waals surface area contributed by atoms with E-state index in [0.717, 1.165) is 5.92 Å². The predicted molar refractivity (Wildman–Crippen MR) is 53.8 cm³/mol. The molecule has 1 aromatic rings. The summed E-state index contributed by atoms with van der Waals surface area (Å²) in [5.41, 5.74) is 4.86. The van der Waals surface area contributed by atoms with E-state index in [4.69, 9.17) is 0 Å². The molecule has 2 atom stereocenters. The Morgan fingerprint density at radius 1 is 1.33 bits per heavy atom. The van der Waals surface area contributed by atoms with Crippen LogP contribution in [0.3, 0.4) is 0 Å². The van der Waals surface area contributed by atoms with Crippen molar-refractivity contribution in [3.8, 4) is 0 Å². The van der Waals surface area contributed by atoms with Crippen LogP contribution >= 0.6 is 15.9 Å². The Hall–Kier alpha value is -0.300.